The van der Waals surface area contributed by atoms with Crippen molar-refractivity contribution in [2.24, 2.45) is 11.8 Å². The van der Waals surface area contributed by atoms with Gasteiger partial charge in [-0.1, -0.05) is 30.3 Å². The largest absolute Gasteiger partial charge is 0.493 e. The zero-order chi connectivity index (χ0) is 27.8. The minimum atomic E-state index is -0.743. The fraction of sp³-hybridized carbons (Fsp3) is 0.290. The van der Waals surface area contributed by atoms with Crippen molar-refractivity contribution in [1.82, 2.24) is 0 Å². The van der Waals surface area contributed by atoms with Crippen molar-refractivity contribution in [1.29, 1.82) is 0 Å². The van der Waals surface area contributed by atoms with Crippen LogP contribution in [0.4, 0.5) is 0 Å². The number of carbonyl (C=O) groups excluding carboxylic acids is 2. The number of hydrogen-bond donors (Lipinski definition) is 0. The van der Waals surface area contributed by atoms with E-state index >= 15 is 0 Å². The summed E-state index contributed by atoms with van der Waals surface area (Å²) < 4.78 is 39.7. The molecule has 4 atom stereocenters. The van der Waals surface area contributed by atoms with Gasteiger partial charge >= 0.3 is 11.9 Å². The number of fused-ring (bicyclic) bond motifs is 3. The Morgan fingerprint density at radius 1 is 0.875 bits per heavy atom. The maximum Gasteiger partial charge on any atom is 0.331 e. The molecule has 1 aliphatic carbocycles. The zero-order valence-electron chi connectivity index (χ0n) is 22.2. The molecule has 2 heterocycles. The summed E-state index contributed by atoms with van der Waals surface area (Å²) in [5, 5.41) is 0. The van der Waals surface area contributed by atoms with Gasteiger partial charge in [0.1, 0.15) is 6.10 Å². The molecule has 0 bridgehead atoms. The maximum atomic E-state index is 13.3. The number of hydrogen-bond acceptors (Lipinski definition) is 9. The molecule has 2 aliphatic heterocycles. The molecule has 3 aromatic carbocycles. The van der Waals surface area contributed by atoms with Gasteiger partial charge in [0.05, 0.1) is 33.9 Å². The van der Waals surface area contributed by atoms with Gasteiger partial charge in [-0.25, -0.2) is 4.79 Å². The highest BCUT2D eigenvalue weighted by molar-refractivity contribution is 5.87. The summed E-state index contributed by atoms with van der Waals surface area (Å²) in [6, 6.07) is 16.8. The Morgan fingerprint density at radius 2 is 1.55 bits per heavy atom. The van der Waals surface area contributed by atoms with E-state index < -0.39 is 29.8 Å². The van der Waals surface area contributed by atoms with E-state index in [1.54, 1.807) is 20.3 Å². The van der Waals surface area contributed by atoms with E-state index in [1.807, 2.05) is 54.6 Å². The van der Waals surface area contributed by atoms with E-state index in [4.69, 9.17) is 33.2 Å². The average Bonchev–Trinajstić information content (AvgIpc) is 3.61. The predicted octanol–water partition coefficient (Wildman–Crippen LogP) is 4.67. The molecule has 9 nitrogen and oxygen atoms in total. The standard InChI is InChI=1S/C31H28O9/c1-34-24-11-18(12-25(35-2)30(24)36-3)27-19-13-22-23(39-16-38-22)14-20(19)29(21-15-37-31(33)28(21)27)40-26(32)10-9-17-7-5-4-6-8-17/h4-14,21,27-29H,15-16H2,1-3H3/b10-9+/t21-,27+,28-,29+/m0/s1. The topological polar surface area (TPSA) is 98.8 Å². The molecule has 0 unspecified atom stereocenters. The minimum Gasteiger partial charge on any atom is -0.493 e. The van der Waals surface area contributed by atoms with Gasteiger partial charge in [-0.15, -0.1) is 0 Å². The van der Waals surface area contributed by atoms with E-state index in [1.165, 1.54) is 13.2 Å². The van der Waals surface area contributed by atoms with E-state index in [0.717, 1.165) is 22.3 Å². The Hall–Kier alpha value is -4.66. The number of carbonyl (C=O) groups is 2. The second-order valence-corrected chi connectivity index (χ2v) is 9.69. The molecular weight excluding hydrogens is 516 g/mol. The second kappa shape index (κ2) is 10.5. The Kier molecular flexibility index (Phi) is 6.71. The highest BCUT2D eigenvalue weighted by atomic mass is 16.7. The van der Waals surface area contributed by atoms with Crippen molar-refractivity contribution in [2.45, 2.75) is 12.0 Å². The van der Waals surface area contributed by atoms with Gasteiger partial charge in [0, 0.05) is 23.5 Å². The van der Waals surface area contributed by atoms with Crippen LogP contribution in [-0.2, 0) is 19.1 Å². The van der Waals surface area contributed by atoms with E-state index in [0.29, 0.717) is 28.7 Å². The summed E-state index contributed by atoms with van der Waals surface area (Å²) in [4.78, 5) is 26.3. The number of benzene rings is 3. The van der Waals surface area contributed by atoms with Gasteiger partial charge in [0.15, 0.2) is 23.0 Å². The number of esters is 2. The first-order chi connectivity index (χ1) is 19.5. The molecule has 0 radical (unpaired) electrons. The lowest BCUT2D eigenvalue weighted by Crippen LogP contribution is -2.36. The van der Waals surface area contributed by atoms with Gasteiger partial charge in [-0.05, 0) is 47.0 Å². The molecule has 40 heavy (non-hydrogen) atoms. The number of ether oxygens (including phenoxy) is 7. The molecule has 0 aromatic heterocycles. The van der Waals surface area contributed by atoms with Gasteiger partial charge in [-0.3, -0.25) is 4.79 Å². The van der Waals surface area contributed by atoms with Crippen molar-refractivity contribution >= 4 is 18.0 Å². The lowest BCUT2D eigenvalue weighted by atomic mass is 9.66. The summed E-state index contributed by atoms with van der Waals surface area (Å²) in [5.74, 6) is 0.0382. The predicted molar refractivity (Wildman–Crippen MR) is 143 cm³/mol. The number of cyclic esters (lactones) is 1. The third-order valence-electron chi connectivity index (χ3n) is 7.62. The number of methoxy groups -OCH3 is 3. The lowest BCUT2D eigenvalue weighted by Gasteiger charge is -2.38. The van der Waals surface area contributed by atoms with Crippen molar-refractivity contribution in [3.8, 4) is 28.7 Å². The molecule has 6 rings (SSSR count). The Bertz CT molecular complexity index is 1450. The van der Waals surface area contributed by atoms with Crippen molar-refractivity contribution < 1.29 is 42.7 Å². The molecule has 1 saturated heterocycles. The summed E-state index contributed by atoms with van der Waals surface area (Å²) in [6.07, 6.45) is 2.34. The molecule has 1 fully saturated rings. The first-order valence-electron chi connectivity index (χ1n) is 12.9. The quantitative estimate of drug-likeness (QED) is 0.310. The normalized spacial score (nSPS) is 22.3. The smallest absolute Gasteiger partial charge is 0.331 e. The Labute approximate surface area is 231 Å². The fourth-order valence-electron chi connectivity index (χ4n) is 5.84. The summed E-state index contributed by atoms with van der Waals surface area (Å²) in [5.41, 5.74) is 3.12. The van der Waals surface area contributed by atoms with Crippen LogP contribution in [0, 0.1) is 11.8 Å². The summed E-state index contributed by atoms with van der Waals surface area (Å²) in [7, 11) is 4.62. The van der Waals surface area contributed by atoms with Crippen molar-refractivity contribution in [3.05, 3.63) is 82.9 Å². The minimum absolute atomic E-state index is 0.0756. The third kappa shape index (κ3) is 4.37. The molecule has 3 aromatic rings. The molecular formula is C31H28O9. The monoisotopic (exact) mass is 544 g/mol. The molecule has 0 spiro atoms. The van der Waals surface area contributed by atoms with Crippen LogP contribution in [0.5, 0.6) is 28.7 Å². The number of rotatable bonds is 7. The Morgan fingerprint density at radius 3 is 2.20 bits per heavy atom. The van der Waals surface area contributed by atoms with Crippen LogP contribution in [0.3, 0.4) is 0 Å². The Balaban J connectivity index is 1.46. The van der Waals surface area contributed by atoms with E-state index in [9.17, 15) is 9.59 Å². The third-order valence-corrected chi connectivity index (χ3v) is 7.62. The molecule has 0 N–H and O–H groups in total. The summed E-state index contributed by atoms with van der Waals surface area (Å²) in [6.45, 7) is 0.185. The van der Waals surface area contributed by atoms with Crippen molar-refractivity contribution in [2.75, 3.05) is 34.7 Å². The molecule has 3 aliphatic rings. The zero-order valence-corrected chi connectivity index (χ0v) is 22.2. The molecule has 9 heteroatoms. The molecule has 206 valence electrons. The first-order valence-corrected chi connectivity index (χ1v) is 12.9. The van der Waals surface area contributed by atoms with Crippen molar-refractivity contribution in [3.63, 3.8) is 0 Å². The molecule has 0 saturated carbocycles. The lowest BCUT2D eigenvalue weighted by molar-refractivity contribution is -0.148. The fourth-order valence-corrected chi connectivity index (χ4v) is 5.84. The SMILES string of the molecule is COc1cc([C@@H]2c3cc4c(cc3[C@@H](OC(=O)/C=C/c3ccccc3)[C@H]3COC(=O)[C@H]23)OCO4)cc(OC)c1OC. The van der Waals surface area contributed by atoms with Crippen LogP contribution in [-0.4, -0.2) is 46.7 Å². The second-order valence-electron chi connectivity index (χ2n) is 9.69. The summed E-state index contributed by atoms with van der Waals surface area (Å²) >= 11 is 0. The van der Waals surface area contributed by atoms with Gasteiger partial charge in [-0.2, -0.15) is 0 Å². The molecule has 0 amide bonds. The average molecular weight is 545 g/mol. The van der Waals surface area contributed by atoms with Crippen LogP contribution in [0.2, 0.25) is 0 Å². The van der Waals surface area contributed by atoms with Crippen LogP contribution < -0.4 is 23.7 Å². The van der Waals surface area contributed by atoms with Crippen LogP contribution in [0.1, 0.15) is 34.3 Å². The maximum absolute atomic E-state index is 13.3. The van der Waals surface area contributed by atoms with Gasteiger partial charge in [0.25, 0.3) is 0 Å². The van der Waals surface area contributed by atoms with E-state index in [-0.39, 0.29) is 19.4 Å². The highest BCUT2D eigenvalue weighted by Crippen LogP contribution is 2.56. The first kappa shape index (κ1) is 25.6. The van der Waals surface area contributed by atoms with Crippen LogP contribution in [0.25, 0.3) is 6.08 Å². The van der Waals surface area contributed by atoms with Crippen LogP contribution in [0.15, 0.2) is 60.7 Å². The van der Waals surface area contributed by atoms with Gasteiger partial charge < -0.3 is 33.2 Å². The van der Waals surface area contributed by atoms with Gasteiger partial charge in [0.2, 0.25) is 12.5 Å². The van der Waals surface area contributed by atoms with E-state index in [2.05, 4.69) is 0 Å². The van der Waals surface area contributed by atoms with Crippen LogP contribution >= 0.6 is 0 Å². The highest BCUT2D eigenvalue weighted by Gasteiger charge is 2.54.